The molecule has 0 aliphatic carbocycles. The smallest absolute Gasteiger partial charge is 0.306 e. The first-order valence-corrected chi connectivity index (χ1v) is 22.9. The van der Waals surface area contributed by atoms with E-state index in [1.807, 2.05) is 0 Å². The van der Waals surface area contributed by atoms with Crippen molar-refractivity contribution in [3.63, 3.8) is 0 Å². The van der Waals surface area contributed by atoms with E-state index < -0.39 is 6.10 Å². The molecule has 0 saturated heterocycles. The average Bonchev–Trinajstić information content (AvgIpc) is 3.19. The monoisotopic (exact) mass is 781 g/mol. The van der Waals surface area contributed by atoms with Gasteiger partial charge in [-0.1, -0.05) is 177 Å². The van der Waals surface area contributed by atoms with Gasteiger partial charge in [0.1, 0.15) is 13.2 Å². The van der Waals surface area contributed by atoms with Gasteiger partial charge < -0.3 is 14.2 Å². The van der Waals surface area contributed by atoms with E-state index in [0.717, 1.165) is 122 Å². The number of esters is 3. The molecule has 320 valence electrons. The van der Waals surface area contributed by atoms with Crippen LogP contribution in [0, 0.1) is 0 Å². The summed E-state index contributed by atoms with van der Waals surface area (Å²) in [6.07, 6.45) is 54.8. The zero-order chi connectivity index (χ0) is 40.8. The molecule has 1 atom stereocenters. The Bertz CT molecular complexity index is 1080. The number of carbonyl (C=O) groups excluding carboxylic acids is 3. The Hall–Kier alpha value is -3.15. The van der Waals surface area contributed by atoms with E-state index in [1.54, 1.807) is 0 Å². The van der Waals surface area contributed by atoms with Crippen molar-refractivity contribution in [3.8, 4) is 0 Å². The summed E-state index contributed by atoms with van der Waals surface area (Å²) in [7, 11) is 0. The number of hydrogen-bond donors (Lipinski definition) is 0. The van der Waals surface area contributed by atoms with Gasteiger partial charge in [-0.2, -0.15) is 0 Å². The van der Waals surface area contributed by atoms with Gasteiger partial charge in [0.25, 0.3) is 0 Å². The van der Waals surface area contributed by atoms with Crippen molar-refractivity contribution in [2.75, 3.05) is 13.2 Å². The Morgan fingerprint density at radius 2 is 0.714 bits per heavy atom. The van der Waals surface area contributed by atoms with Crippen LogP contribution in [0.4, 0.5) is 0 Å². The zero-order valence-electron chi connectivity index (χ0n) is 36.4. The highest BCUT2D eigenvalue weighted by atomic mass is 16.6. The number of hydrogen-bond acceptors (Lipinski definition) is 6. The van der Waals surface area contributed by atoms with Crippen molar-refractivity contribution in [2.45, 2.75) is 213 Å². The molecule has 6 heteroatoms. The lowest BCUT2D eigenvalue weighted by molar-refractivity contribution is -0.167. The molecule has 0 aliphatic rings. The molecule has 56 heavy (non-hydrogen) atoms. The summed E-state index contributed by atoms with van der Waals surface area (Å²) in [5, 5.41) is 0. The summed E-state index contributed by atoms with van der Waals surface area (Å²) < 4.78 is 16.6. The predicted molar refractivity (Wildman–Crippen MR) is 238 cm³/mol. The van der Waals surface area contributed by atoms with Crippen LogP contribution in [0.5, 0.6) is 0 Å². The number of ether oxygens (including phenoxy) is 3. The first-order valence-electron chi connectivity index (χ1n) is 22.9. The van der Waals surface area contributed by atoms with E-state index in [2.05, 4.69) is 93.7 Å². The van der Waals surface area contributed by atoms with Crippen LogP contribution < -0.4 is 0 Å². The molecule has 0 heterocycles. The predicted octanol–water partition coefficient (Wildman–Crippen LogP) is 14.7. The van der Waals surface area contributed by atoms with Gasteiger partial charge in [0.2, 0.25) is 0 Å². The number of allylic oxidation sites excluding steroid dienone is 12. The van der Waals surface area contributed by atoms with Crippen molar-refractivity contribution in [3.05, 3.63) is 72.9 Å². The van der Waals surface area contributed by atoms with E-state index in [-0.39, 0.29) is 31.1 Å². The largest absolute Gasteiger partial charge is 0.462 e. The van der Waals surface area contributed by atoms with Crippen LogP contribution in [0.1, 0.15) is 207 Å². The van der Waals surface area contributed by atoms with Crippen LogP contribution in [-0.2, 0) is 28.6 Å². The summed E-state index contributed by atoms with van der Waals surface area (Å²) in [5.41, 5.74) is 0. The molecule has 0 rings (SSSR count). The molecule has 1 unspecified atom stereocenters. The average molecular weight is 781 g/mol. The van der Waals surface area contributed by atoms with E-state index in [9.17, 15) is 14.4 Å². The molecule has 0 spiro atoms. The van der Waals surface area contributed by atoms with Crippen LogP contribution in [0.25, 0.3) is 0 Å². The van der Waals surface area contributed by atoms with Crippen molar-refractivity contribution in [1.82, 2.24) is 0 Å². The second-order valence-corrected chi connectivity index (χ2v) is 14.9. The van der Waals surface area contributed by atoms with Crippen molar-refractivity contribution in [2.24, 2.45) is 0 Å². The standard InChI is InChI=1S/C50H84O6/c1-4-7-10-13-16-18-20-21-22-23-24-25-26-27-28-29-31-32-34-37-40-43-49(52)55-46-47(45-54-48(51)42-39-36-15-12-9-6-3)56-50(53)44-41-38-35-33-30-19-17-14-11-8-5-2/h7,10,14,16-18,21-22,24-25,27-28,47H,4-6,8-9,11-13,15,19-20,23,26,29-46H2,1-3H3/b10-7-,17-14-,18-16-,22-21-,25-24-,28-27-. The summed E-state index contributed by atoms with van der Waals surface area (Å²) in [5.74, 6) is -0.931. The van der Waals surface area contributed by atoms with Crippen LogP contribution in [0.2, 0.25) is 0 Å². The van der Waals surface area contributed by atoms with E-state index >= 15 is 0 Å². The Morgan fingerprint density at radius 3 is 1.16 bits per heavy atom. The highest BCUT2D eigenvalue weighted by Gasteiger charge is 2.19. The molecule has 0 aromatic carbocycles. The Morgan fingerprint density at radius 1 is 0.375 bits per heavy atom. The highest BCUT2D eigenvalue weighted by molar-refractivity contribution is 5.71. The molecule has 0 aromatic rings. The Balaban J connectivity index is 4.27. The van der Waals surface area contributed by atoms with Gasteiger partial charge in [0, 0.05) is 19.3 Å². The van der Waals surface area contributed by atoms with Crippen LogP contribution in [-0.4, -0.2) is 37.2 Å². The third-order valence-electron chi connectivity index (χ3n) is 9.45. The van der Waals surface area contributed by atoms with Gasteiger partial charge in [0.05, 0.1) is 0 Å². The molecule has 0 saturated carbocycles. The highest BCUT2D eigenvalue weighted by Crippen LogP contribution is 2.13. The van der Waals surface area contributed by atoms with Gasteiger partial charge in [-0.3, -0.25) is 14.4 Å². The maximum Gasteiger partial charge on any atom is 0.306 e. The minimum atomic E-state index is -0.782. The number of carbonyl (C=O) groups is 3. The number of rotatable bonds is 40. The van der Waals surface area contributed by atoms with Gasteiger partial charge in [-0.25, -0.2) is 0 Å². The van der Waals surface area contributed by atoms with Gasteiger partial charge in [-0.15, -0.1) is 0 Å². The van der Waals surface area contributed by atoms with E-state index in [0.29, 0.717) is 19.3 Å². The lowest BCUT2D eigenvalue weighted by Gasteiger charge is -2.18. The first kappa shape index (κ1) is 52.9. The van der Waals surface area contributed by atoms with Gasteiger partial charge in [-0.05, 0) is 83.5 Å². The molecule has 0 aliphatic heterocycles. The summed E-state index contributed by atoms with van der Waals surface area (Å²) >= 11 is 0. The molecule has 0 N–H and O–H groups in total. The minimum Gasteiger partial charge on any atom is -0.462 e. The van der Waals surface area contributed by atoms with Crippen molar-refractivity contribution < 1.29 is 28.6 Å². The summed E-state index contributed by atoms with van der Waals surface area (Å²) in [6, 6.07) is 0. The summed E-state index contributed by atoms with van der Waals surface area (Å²) in [6.45, 7) is 6.38. The van der Waals surface area contributed by atoms with Gasteiger partial charge in [0.15, 0.2) is 6.10 Å². The fourth-order valence-corrected chi connectivity index (χ4v) is 5.98. The summed E-state index contributed by atoms with van der Waals surface area (Å²) in [4.78, 5) is 37.5. The quantitative estimate of drug-likeness (QED) is 0.0267. The molecule has 0 amide bonds. The molecule has 0 radical (unpaired) electrons. The van der Waals surface area contributed by atoms with Crippen LogP contribution in [0.3, 0.4) is 0 Å². The maximum atomic E-state index is 12.6. The fourth-order valence-electron chi connectivity index (χ4n) is 5.98. The third-order valence-corrected chi connectivity index (χ3v) is 9.45. The fraction of sp³-hybridized carbons (Fsp3) is 0.700. The normalized spacial score (nSPS) is 12.7. The first-order chi connectivity index (χ1) is 27.5. The second-order valence-electron chi connectivity index (χ2n) is 14.9. The molecule has 0 fully saturated rings. The van der Waals surface area contributed by atoms with Gasteiger partial charge >= 0.3 is 17.9 Å². The molecule has 6 nitrogen and oxygen atoms in total. The molecular formula is C50H84O6. The van der Waals surface area contributed by atoms with Crippen molar-refractivity contribution >= 4 is 17.9 Å². The molecule has 0 bridgehead atoms. The second kappa shape index (κ2) is 44.6. The third kappa shape index (κ3) is 42.0. The zero-order valence-corrected chi connectivity index (χ0v) is 36.4. The SMILES string of the molecule is CC/C=C\C/C=C\C/C=C\C/C=C\C/C=C\CCCCCCCC(=O)OCC(COC(=O)CCCCCCCC)OC(=O)CCCCCCC/C=C\CCCC. The van der Waals surface area contributed by atoms with Crippen LogP contribution >= 0.6 is 0 Å². The molecular weight excluding hydrogens is 697 g/mol. The van der Waals surface area contributed by atoms with E-state index in [4.69, 9.17) is 14.2 Å². The van der Waals surface area contributed by atoms with Crippen molar-refractivity contribution in [1.29, 1.82) is 0 Å². The number of unbranched alkanes of at least 4 members (excludes halogenated alkanes) is 17. The lowest BCUT2D eigenvalue weighted by atomic mass is 10.1. The molecule has 0 aromatic heterocycles. The van der Waals surface area contributed by atoms with Crippen LogP contribution in [0.15, 0.2) is 72.9 Å². The maximum absolute atomic E-state index is 12.6. The lowest BCUT2D eigenvalue weighted by Crippen LogP contribution is -2.30. The Labute approximate surface area is 344 Å². The Kier molecular flexibility index (Phi) is 42.1. The minimum absolute atomic E-state index is 0.0860. The van der Waals surface area contributed by atoms with E-state index in [1.165, 1.54) is 44.9 Å². The topological polar surface area (TPSA) is 78.9 Å².